The predicted molar refractivity (Wildman–Crippen MR) is 76.2 cm³/mol. The molecule has 1 heteroatoms. The van der Waals surface area contributed by atoms with Crippen molar-refractivity contribution < 1.29 is 4.79 Å². The average molecular weight is 240 g/mol. The lowest BCUT2D eigenvalue weighted by molar-refractivity contribution is -0.104. The summed E-state index contributed by atoms with van der Waals surface area (Å²) in [5.74, 6) is 0.573. The van der Waals surface area contributed by atoms with E-state index in [1.807, 2.05) is 18.2 Å². The second-order valence-corrected chi connectivity index (χ2v) is 4.88. The van der Waals surface area contributed by atoms with E-state index in [1.54, 1.807) is 6.08 Å². The summed E-state index contributed by atoms with van der Waals surface area (Å²) >= 11 is 0. The van der Waals surface area contributed by atoms with Gasteiger partial charge in [0.05, 0.1) is 0 Å². The number of aldehydes is 1. The van der Waals surface area contributed by atoms with E-state index >= 15 is 0 Å². The van der Waals surface area contributed by atoms with Crippen molar-refractivity contribution in [1.29, 1.82) is 0 Å². The summed E-state index contributed by atoms with van der Waals surface area (Å²) < 4.78 is 0. The summed E-state index contributed by atoms with van der Waals surface area (Å²) in [5, 5.41) is 0. The van der Waals surface area contributed by atoms with E-state index < -0.39 is 0 Å². The summed E-state index contributed by atoms with van der Waals surface area (Å²) in [6.45, 7) is 0. The summed E-state index contributed by atoms with van der Waals surface area (Å²) in [4.78, 5) is 10.8. The van der Waals surface area contributed by atoms with Gasteiger partial charge < -0.3 is 0 Å². The maximum Gasteiger partial charge on any atom is 0.143 e. The SMILES string of the molecule is O=C/C=C(\C=C\c1ccccc1)C1CCCCC1. The number of benzene rings is 1. The molecule has 0 aliphatic heterocycles. The Bertz CT molecular complexity index is 422. The summed E-state index contributed by atoms with van der Waals surface area (Å²) in [7, 11) is 0. The Morgan fingerprint density at radius 3 is 2.44 bits per heavy atom. The molecule has 2 rings (SSSR count). The minimum Gasteiger partial charge on any atom is -0.299 e. The minimum absolute atomic E-state index is 0.573. The highest BCUT2D eigenvalue weighted by atomic mass is 16.1. The molecule has 1 aromatic carbocycles. The molecule has 0 unspecified atom stereocenters. The van der Waals surface area contributed by atoms with Gasteiger partial charge in [-0.2, -0.15) is 0 Å². The van der Waals surface area contributed by atoms with Crippen molar-refractivity contribution in [3.8, 4) is 0 Å². The second-order valence-electron chi connectivity index (χ2n) is 4.88. The van der Waals surface area contributed by atoms with Crippen LogP contribution in [0.5, 0.6) is 0 Å². The van der Waals surface area contributed by atoms with E-state index in [1.165, 1.54) is 43.2 Å². The van der Waals surface area contributed by atoms with Gasteiger partial charge in [0.1, 0.15) is 6.29 Å². The molecule has 0 N–H and O–H groups in total. The van der Waals surface area contributed by atoms with Gasteiger partial charge in [0, 0.05) is 0 Å². The van der Waals surface area contributed by atoms with Crippen molar-refractivity contribution in [3.05, 3.63) is 53.6 Å². The molecule has 1 aromatic rings. The molecule has 0 spiro atoms. The van der Waals surface area contributed by atoms with Crippen LogP contribution in [0.2, 0.25) is 0 Å². The smallest absolute Gasteiger partial charge is 0.143 e. The van der Waals surface area contributed by atoms with Crippen LogP contribution >= 0.6 is 0 Å². The fourth-order valence-electron chi connectivity index (χ4n) is 2.60. The summed E-state index contributed by atoms with van der Waals surface area (Å²) in [6, 6.07) is 10.2. The van der Waals surface area contributed by atoms with E-state index in [2.05, 4.69) is 24.3 Å². The average Bonchev–Trinajstić information content (AvgIpc) is 2.45. The molecule has 1 aliphatic carbocycles. The highest BCUT2D eigenvalue weighted by molar-refractivity contribution is 5.68. The first-order chi connectivity index (χ1) is 8.90. The number of carbonyl (C=O) groups excluding carboxylic acids is 1. The molecule has 0 saturated heterocycles. The lowest BCUT2D eigenvalue weighted by Gasteiger charge is -2.22. The van der Waals surface area contributed by atoms with Crippen molar-refractivity contribution in [3.63, 3.8) is 0 Å². The molecule has 1 nitrogen and oxygen atoms in total. The van der Waals surface area contributed by atoms with Gasteiger partial charge >= 0.3 is 0 Å². The third-order valence-corrected chi connectivity index (χ3v) is 3.60. The van der Waals surface area contributed by atoms with Crippen LogP contribution in [0.1, 0.15) is 37.7 Å². The van der Waals surface area contributed by atoms with Crippen LogP contribution in [0.15, 0.2) is 48.1 Å². The summed E-state index contributed by atoms with van der Waals surface area (Å²) in [6.07, 6.45) is 13.2. The van der Waals surface area contributed by atoms with Crippen molar-refractivity contribution >= 4 is 12.4 Å². The first-order valence-corrected chi connectivity index (χ1v) is 6.78. The van der Waals surface area contributed by atoms with Gasteiger partial charge in [-0.15, -0.1) is 0 Å². The minimum atomic E-state index is 0.573. The van der Waals surface area contributed by atoms with Crippen molar-refractivity contribution in [1.82, 2.24) is 0 Å². The van der Waals surface area contributed by atoms with Gasteiger partial charge in [-0.05, 0) is 36.0 Å². The Morgan fingerprint density at radius 2 is 1.78 bits per heavy atom. The van der Waals surface area contributed by atoms with Crippen LogP contribution in [-0.2, 0) is 4.79 Å². The van der Waals surface area contributed by atoms with Crippen molar-refractivity contribution in [2.24, 2.45) is 5.92 Å². The monoisotopic (exact) mass is 240 g/mol. The lowest BCUT2D eigenvalue weighted by atomic mass is 9.83. The topological polar surface area (TPSA) is 17.1 Å². The first-order valence-electron chi connectivity index (χ1n) is 6.78. The van der Waals surface area contributed by atoms with Gasteiger partial charge in [0.25, 0.3) is 0 Å². The Morgan fingerprint density at radius 1 is 1.06 bits per heavy atom. The van der Waals surface area contributed by atoms with E-state index in [4.69, 9.17) is 0 Å². The van der Waals surface area contributed by atoms with E-state index in [0.29, 0.717) is 5.92 Å². The Balaban J connectivity index is 2.09. The van der Waals surface area contributed by atoms with Crippen LogP contribution in [0, 0.1) is 5.92 Å². The molecule has 1 fully saturated rings. The van der Waals surface area contributed by atoms with Gasteiger partial charge in [-0.1, -0.05) is 61.7 Å². The van der Waals surface area contributed by atoms with Crippen LogP contribution < -0.4 is 0 Å². The number of hydrogen-bond acceptors (Lipinski definition) is 1. The summed E-state index contributed by atoms with van der Waals surface area (Å²) in [5.41, 5.74) is 2.37. The van der Waals surface area contributed by atoms with Crippen LogP contribution in [0.3, 0.4) is 0 Å². The van der Waals surface area contributed by atoms with Crippen LogP contribution in [-0.4, -0.2) is 6.29 Å². The quantitative estimate of drug-likeness (QED) is 0.433. The van der Waals surface area contributed by atoms with Gasteiger partial charge in [0.2, 0.25) is 0 Å². The largest absolute Gasteiger partial charge is 0.299 e. The van der Waals surface area contributed by atoms with Crippen molar-refractivity contribution in [2.75, 3.05) is 0 Å². The highest BCUT2D eigenvalue weighted by Gasteiger charge is 2.15. The van der Waals surface area contributed by atoms with Crippen molar-refractivity contribution in [2.45, 2.75) is 32.1 Å². The molecule has 94 valence electrons. The van der Waals surface area contributed by atoms with E-state index in [0.717, 1.165) is 6.29 Å². The number of carbonyl (C=O) groups is 1. The number of hydrogen-bond donors (Lipinski definition) is 0. The van der Waals surface area contributed by atoms with Crippen LogP contribution in [0.25, 0.3) is 6.08 Å². The molecule has 0 radical (unpaired) electrons. The molecular formula is C17H20O. The third kappa shape index (κ3) is 3.69. The maximum absolute atomic E-state index is 10.8. The number of rotatable bonds is 4. The lowest BCUT2D eigenvalue weighted by Crippen LogP contribution is -2.08. The molecule has 1 aliphatic rings. The maximum atomic E-state index is 10.8. The second kappa shape index (κ2) is 6.95. The molecule has 0 heterocycles. The zero-order valence-corrected chi connectivity index (χ0v) is 10.7. The van der Waals surface area contributed by atoms with Gasteiger partial charge in [-0.25, -0.2) is 0 Å². The molecule has 18 heavy (non-hydrogen) atoms. The van der Waals surface area contributed by atoms with E-state index in [9.17, 15) is 4.79 Å². The molecule has 1 saturated carbocycles. The predicted octanol–water partition coefficient (Wildman–Crippen LogP) is 4.41. The Kier molecular flexibility index (Phi) is 4.95. The molecule has 0 aromatic heterocycles. The zero-order chi connectivity index (χ0) is 12.6. The van der Waals surface area contributed by atoms with Crippen LogP contribution in [0.4, 0.5) is 0 Å². The highest BCUT2D eigenvalue weighted by Crippen LogP contribution is 2.30. The fourth-order valence-corrected chi connectivity index (χ4v) is 2.60. The normalized spacial score (nSPS) is 18.1. The standard InChI is InChI=1S/C17H20O/c18-14-13-17(16-9-5-2-6-10-16)12-11-15-7-3-1-4-8-15/h1,3-4,7-8,11-14,16H,2,5-6,9-10H2/b12-11+,17-13+. The van der Waals surface area contributed by atoms with Gasteiger partial charge in [0.15, 0.2) is 0 Å². The molecule has 0 atom stereocenters. The third-order valence-electron chi connectivity index (χ3n) is 3.60. The molecular weight excluding hydrogens is 220 g/mol. The van der Waals surface area contributed by atoms with Gasteiger partial charge in [-0.3, -0.25) is 4.79 Å². The molecule has 0 bridgehead atoms. The zero-order valence-electron chi connectivity index (χ0n) is 10.7. The fraction of sp³-hybridized carbons (Fsp3) is 0.353. The van der Waals surface area contributed by atoms with E-state index in [-0.39, 0.29) is 0 Å². The Hall–Kier alpha value is -1.63. The Labute approximate surface area is 109 Å². The first kappa shape index (κ1) is 12.8. The molecule has 0 amide bonds. The number of allylic oxidation sites excluding steroid dienone is 3.